The second-order valence-electron chi connectivity index (χ2n) is 5.97. The van der Waals surface area contributed by atoms with Gasteiger partial charge in [-0.15, -0.1) is 0 Å². The fraction of sp³-hybridized carbons (Fsp3) is 0.316. The van der Waals surface area contributed by atoms with Crippen LogP contribution in [0, 0.1) is 0 Å². The Morgan fingerprint density at radius 3 is 2.36 bits per heavy atom. The lowest BCUT2D eigenvalue weighted by Crippen LogP contribution is -2.27. The van der Waals surface area contributed by atoms with E-state index in [4.69, 9.17) is 9.84 Å². The summed E-state index contributed by atoms with van der Waals surface area (Å²) in [6.07, 6.45) is 0.805. The van der Waals surface area contributed by atoms with E-state index in [0.717, 1.165) is 17.5 Å². The quantitative estimate of drug-likeness (QED) is 0.851. The van der Waals surface area contributed by atoms with Crippen LogP contribution in [0.25, 0.3) is 11.1 Å². The zero-order valence-electron chi connectivity index (χ0n) is 13.3. The molecular weight excluding hydrogens is 276 g/mol. The van der Waals surface area contributed by atoms with Crippen LogP contribution in [0.4, 0.5) is 0 Å². The van der Waals surface area contributed by atoms with Crippen molar-refractivity contribution in [1.82, 2.24) is 0 Å². The molecule has 0 fully saturated rings. The van der Waals surface area contributed by atoms with E-state index < -0.39 is 5.97 Å². The van der Waals surface area contributed by atoms with Crippen molar-refractivity contribution in [1.29, 1.82) is 0 Å². The molecule has 0 radical (unpaired) electrons. The Kier molecular flexibility index (Phi) is 4.86. The third kappa shape index (κ3) is 4.10. The fourth-order valence-corrected chi connectivity index (χ4v) is 2.14. The number of carboxylic acid groups (broad SMARTS) is 1. The molecular formula is C19H22O3. The monoisotopic (exact) mass is 298 g/mol. The van der Waals surface area contributed by atoms with E-state index in [1.165, 1.54) is 0 Å². The summed E-state index contributed by atoms with van der Waals surface area (Å²) in [6, 6.07) is 15.7. The van der Waals surface area contributed by atoms with Crippen molar-refractivity contribution in [2.75, 3.05) is 0 Å². The van der Waals surface area contributed by atoms with Crippen molar-refractivity contribution in [3.63, 3.8) is 0 Å². The summed E-state index contributed by atoms with van der Waals surface area (Å²) < 4.78 is 6.08. The third-order valence-electron chi connectivity index (χ3n) is 3.75. The molecule has 1 N–H and O–H groups in total. The number of hydrogen-bond acceptors (Lipinski definition) is 2. The Morgan fingerprint density at radius 2 is 1.77 bits per heavy atom. The molecule has 0 aliphatic rings. The SMILES string of the molecule is CCC(C)(C)Oc1cc(-c2ccccc2)ccc1CC(=O)O. The van der Waals surface area contributed by atoms with E-state index in [9.17, 15) is 4.79 Å². The number of aliphatic carboxylic acids is 1. The Hall–Kier alpha value is -2.29. The largest absolute Gasteiger partial charge is 0.488 e. The second-order valence-corrected chi connectivity index (χ2v) is 5.97. The van der Waals surface area contributed by atoms with Crippen LogP contribution in [0.15, 0.2) is 48.5 Å². The van der Waals surface area contributed by atoms with Crippen molar-refractivity contribution < 1.29 is 14.6 Å². The summed E-state index contributed by atoms with van der Waals surface area (Å²) in [5, 5.41) is 9.08. The maximum Gasteiger partial charge on any atom is 0.307 e. The molecule has 0 heterocycles. The molecule has 2 aromatic carbocycles. The van der Waals surface area contributed by atoms with E-state index in [0.29, 0.717) is 11.3 Å². The summed E-state index contributed by atoms with van der Waals surface area (Å²) >= 11 is 0. The van der Waals surface area contributed by atoms with Gasteiger partial charge in [0.2, 0.25) is 0 Å². The summed E-state index contributed by atoms with van der Waals surface area (Å²) in [4.78, 5) is 11.1. The van der Waals surface area contributed by atoms with Gasteiger partial charge in [-0.25, -0.2) is 0 Å². The van der Waals surface area contributed by atoms with Gasteiger partial charge < -0.3 is 9.84 Å². The molecule has 0 aliphatic carbocycles. The van der Waals surface area contributed by atoms with Gasteiger partial charge in [0.15, 0.2) is 0 Å². The molecule has 116 valence electrons. The predicted molar refractivity (Wildman–Crippen MR) is 88.2 cm³/mol. The van der Waals surface area contributed by atoms with Gasteiger partial charge in [0.1, 0.15) is 11.4 Å². The van der Waals surface area contributed by atoms with Crippen molar-refractivity contribution in [2.45, 2.75) is 39.2 Å². The summed E-state index contributed by atoms with van der Waals surface area (Å²) in [5.41, 5.74) is 2.48. The molecule has 3 heteroatoms. The van der Waals surface area contributed by atoms with Crippen molar-refractivity contribution in [3.8, 4) is 16.9 Å². The van der Waals surface area contributed by atoms with Crippen LogP contribution in [0.5, 0.6) is 5.75 Å². The Balaban J connectivity index is 2.43. The van der Waals surface area contributed by atoms with Gasteiger partial charge >= 0.3 is 5.97 Å². The molecule has 3 nitrogen and oxygen atoms in total. The van der Waals surface area contributed by atoms with Gasteiger partial charge in [-0.3, -0.25) is 4.79 Å². The molecule has 0 unspecified atom stereocenters. The van der Waals surface area contributed by atoms with E-state index >= 15 is 0 Å². The molecule has 0 spiro atoms. The first-order chi connectivity index (χ1) is 10.4. The highest BCUT2D eigenvalue weighted by atomic mass is 16.5. The molecule has 2 aromatic rings. The zero-order chi connectivity index (χ0) is 16.2. The number of carboxylic acids is 1. The lowest BCUT2D eigenvalue weighted by molar-refractivity contribution is -0.136. The first-order valence-corrected chi connectivity index (χ1v) is 7.50. The molecule has 0 atom stereocenters. The second kappa shape index (κ2) is 6.65. The highest BCUT2D eigenvalue weighted by Gasteiger charge is 2.20. The maximum absolute atomic E-state index is 11.1. The van der Waals surface area contributed by atoms with Crippen LogP contribution in [0.1, 0.15) is 32.8 Å². The highest BCUT2D eigenvalue weighted by Crippen LogP contribution is 2.31. The van der Waals surface area contributed by atoms with Crippen LogP contribution in [-0.2, 0) is 11.2 Å². The van der Waals surface area contributed by atoms with Crippen LogP contribution >= 0.6 is 0 Å². The molecule has 22 heavy (non-hydrogen) atoms. The zero-order valence-corrected chi connectivity index (χ0v) is 13.3. The van der Waals surface area contributed by atoms with Crippen LogP contribution in [-0.4, -0.2) is 16.7 Å². The number of benzene rings is 2. The maximum atomic E-state index is 11.1. The fourth-order valence-electron chi connectivity index (χ4n) is 2.14. The van der Waals surface area contributed by atoms with E-state index in [2.05, 4.69) is 6.92 Å². The minimum absolute atomic E-state index is 0.0375. The molecule has 0 amide bonds. The number of ether oxygens (including phenoxy) is 1. The molecule has 0 aromatic heterocycles. The van der Waals surface area contributed by atoms with Crippen LogP contribution in [0.2, 0.25) is 0 Å². The summed E-state index contributed by atoms with van der Waals surface area (Å²) in [6.45, 7) is 6.07. The van der Waals surface area contributed by atoms with Crippen molar-refractivity contribution in [2.24, 2.45) is 0 Å². The number of carbonyl (C=O) groups is 1. The molecule has 0 bridgehead atoms. The highest BCUT2D eigenvalue weighted by molar-refractivity contribution is 5.73. The van der Waals surface area contributed by atoms with Gasteiger partial charge in [0, 0.05) is 5.56 Å². The summed E-state index contributed by atoms with van der Waals surface area (Å²) in [7, 11) is 0. The van der Waals surface area contributed by atoms with Crippen molar-refractivity contribution >= 4 is 5.97 Å². The summed E-state index contributed by atoms with van der Waals surface area (Å²) in [5.74, 6) is -0.206. The van der Waals surface area contributed by atoms with E-state index in [-0.39, 0.29) is 12.0 Å². The van der Waals surface area contributed by atoms with Gasteiger partial charge in [0.25, 0.3) is 0 Å². The van der Waals surface area contributed by atoms with Gasteiger partial charge in [-0.2, -0.15) is 0 Å². The Morgan fingerprint density at radius 1 is 1.09 bits per heavy atom. The Bertz CT molecular complexity index is 645. The first kappa shape index (κ1) is 16.1. The first-order valence-electron chi connectivity index (χ1n) is 7.50. The smallest absolute Gasteiger partial charge is 0.307 e. The van der Waals surface area contributed by atoms with Gasteiger partial charge in [0.05, 0.1) is 6.42 Å². The number of hydrogen-bond donors (Lipinski definition) is 1. The normalized spacial score (nSPS) is 11.2. The van der Waals surface area contributed by atoms with Gasteiger partial charge in [-0.1, -0.05) is 49.4 Å². The molecule has 0 saturated heterocycles. The van der Waals surface area contributed by atoms with Gasteiger partial charge in [-0.05, 0) is 37.5 Å². The van der Waals surface area contributed by atoms with Crippen molar-refractivity contribution in [3.05, 3.63) is 54.1 Å². The predicted octanol–water partition coefficient (Wildman–Crippen LogP) is 4.55. The average Bonchev–Trinajstić information content (AvgIpc) is 2.49. The minimum atomic E-state index is -0.855. The molecule has 0 saturated carbocycles. The molecule has 0 aliphatic heterocycles. The lowest BCUT2D eigenvalue weighted by Gasteiger charge is -2.26. The lowest BCUT2D eigenvalue weighted by atomic mass is 10.0. The van der Waals surface area contributed by atoms with Crippen LogP contribution in [0.3, 0.4) is 0 Å². The van der Waals surface area contributed by atoms with Crippen LogP contribution < -0.4 is 4.74 Å². The Labute approximate surface area is 131 Å². The van der Waals surface area contributed by atoms with E-state index in [1.807, 2.05) is 62.4 Å². The minimum Gasteiger partial charge on any atom is -0.488 e. The topological polar surface area (TPSA) is 46.5 Å². The number of rotatable bonds is 6. The van der Waals surface area contributed by atoms with E-state index in [1.54, 1.807) is 0 Å². The average molecular weight is 298 g/mol. The standard InChI is InChI=1S/C19H22O3/c1-4-19(2,3)22-17-12-15(14-8-6-5-7-9-14)10-11-16(17)13-18(20)21/h5-12H,4,13H2,1-3H3,(H,20,21). The third-order valence-corrected chi connectivity index (χ3v) is 3.75. The molecule has 2 rings (SSSR count).